The Balaban J connectivity index is 1.15. The van der Waals surface area contributed by atoms with E-state index in [9.17, 15) is 13.5 Å². The predicted molar refractivity (Wildman–Crippen MR) is 151 cm³/mol. The van der Waals surface area contributed by atoms with Crippen LogP contribution in [0.2, 0.25) is 0 Å². The van der Waals surface area contributed by atoms with Crippen molar-refractivity contribution in [3.63, 3.8) is 0 Å². The molecule has 6 rings (SSSR count). The summed E-state index contributed by atoms with van der Waals surface area (Å²) in [4.78, 5) is 0.258. The van der Waals surface area contributed by atoms with Crippen molar-refractivity contribution in [2.24, 2.45) is 52.3 Å². The second-order valence-electron chi connectivity index (χ2n) is 14.6. The standard InChI is InChI=1S/C33H50O4S/c1-5-32-18-19-33(34,24-8-9-24)20-25(32)10-13-27-29-15-14-28(31(29,4)17-16-30(27)32)23(3)21-37-38(35,36)26-11-6-22(2)7-12-26/h6-7,11-12,23-25,27-30,34H,5,8-10,13-21H2,1-4H3/t23?,25-,27+,28-,29+,30+,31-,32+,33-/m1/s1. The normalized spacial score (nSPS) is 43.7. The number of rotatable bonds is 7. The van der Waals surface area contributed by atoms with Gasteiger partial charge in [-0.1, -0.05) is 38.5 Å². The second-order valence-corrected chi connectivity index (χ2v) is 16.2. The van der Waals surface area contributed by atoms with Crippen LogP contribution in [-0.4, -0.2) is 25.7 Å². The number of benzene rings is 1. The smallest absolute Gasteiger partial charge is 0.296 e. The van der Waals surface area contributed by atoms with E-state index < -0.39 is 10.1 Å². The van der Waals surface area contributed by atoms with E-state index in [1.807, 2.05) is 19.1 Å². The van der Waals surface area contributed by atoms with E-state index in [1.165, 1.54) is 64.2 Å². The zero-order chi connectivity index (χ0) is 26.9. The Bertz CT molecular complexity index is 1130. The molecule has 9 atom stereocenters. The second kappa shape index (κ2) is 9.58. The maximum atomic E-state index is 12.9. The Morgan fingerprint density at radius 3 is 2.34 bits per heavy atom. The highest BCUT2D eigenvalue weighted by atomic mass is 32.2. The molecule has 0 heterocycles. The molecule has 1 aromatic carbocycles. The van der Waals surface area contributed by atoms with Crippen LogP contribution in [-0.2, 0) is 14.3 Å². The maximum absolute atomic E-state index is 12.9. The molecule has 5 aliphatic rings. The average molecular weight is 543 g/mol. The number of fused-ring (bicyclic) bond motifs is 5. The van der Waals surface area contributed by atoms with Crippen LogP contribution in [0.1, 0.15) is 103 Å². The highest BCUT2D eigenvalue weighted by molar-refractivity contribution is 7.86. The first-order valence-corrected chi connectivity index (χ1v) is 17.1. The van der Waals surface area contributed by atoms with Gasteiger partial charge in [0.05, 0.1) is 17.1 Å². The summed E-state index contributed by atoms with van der Waals surface area (Å²) in [6.45, 7) is 9.43. The lowest BCUT2D eigenvalue weighted by molar-refractivity contribution is -0.166. The Morgan fingerprint density at radius 1 is 0.947 bits per heavy atom. The van der Waals surface area contributed by atoms with Gasteiger partial charge in [-0.05, 0) is 148 Å². The Hall–Kier alpha value is -0.910. The molecule has 38 heavy (non-hydrogen) atoms. The van der Waals surface area contributed by atoms with Gasteiger partial charge >= 0.3 is 0 Å². The van der Waals surface area contributed by atoms with Crippen molar-refractivity contribution < 1.29 is 17.7 Å². The third-order valence-corrected chi connectivity index (χ3v) is 14.3. The van der Waals surface area contributed by atoms with Crippen molar-refractivity contribution in [1.29, 1.82) is 0 Å². The summed E-state index contributed by atoms with van der Waals surface area (Å²) in [5, 5.41) is 11.5. The lowest BCUT2D eigenvalue weighted by atomic mass is 9.42. The first-order valence-electron chi connectivity index (χ1n) is 15.7. The van der Waals surface area contributed by atoms with E-state index in [-0.39, 0.29) is 28.4 Å². The summed E-state index contributed by atoms with van der Waals surface area (Å²) in [7, 11) is -3.73. The largest absolute Gasteiger partial charge is 0.390 e. The van der Waals surface area contributed by atoms with E-state index in [0.717, 1.165) is 36.2 Å². The fourth-order valence-corrected chi connectivity index (χ4v) is 11.8. The van der Waals surface area contributed by atoms with Gasteiger partial charge < -0.3 is 5.11 Å². The molecule has 5 heteroatoms. The summed E-state index contributed by atoms with van der Waals surface area (Å²) in [6.07, 6.45) is 14.8. The first kappa shape index (κ1) is 27.3. The molecule has 5 saturated carbocycles. The van der Waals surface area contributed by atoms with Gasteiger partial charge in [-0.15, -0.1) is 0 Å². The molecule has 0 bridgehead atoms. The number of hydrogen-bond acceptors (Lipinski definition) is 4. The van der Waals surface area contributed by atoms with Gasteiger partial charge in [-0.25, -0.2) is 0 Å². The van der Waals surface area contributed by atoms with Crippen molar-refractivity contribution >= 4 is 10.1 Å². The molecule has 1 N–H and O–H groups in total. The monoisotopic (exact) mass is 542 g/mol. The van der Waals surface area contributed by atoms with Crippen LogP contribution >= 0.6 is 0 Å². The minimum Gasteiger partial charge on any atom is -0.390 e. The quantitative estimate of drug-likeness (QED) is 0.362. The third kappa shape index (κ3) is 4.33. The fourth-order valence-electron chi connectivity index (χ4n) is 10.8. The molecule has 0 spiro atoms. The van der Waals surface area contributed by atoms with Gasteiger partial charge in [0.1, 0.15) is 0 Å². The highest BCUT2D eigenvalue weighted by Gasteiger charge is 2.63. The van der Waals surface area contributed by atoms with Gasteiger partial charge in [0.15, 0.2) is 0 Å². The third-order valence-electron chi connectivity index (χ3n) is 13.0. The maximum Gasteiger partial charge on any atom is 0.296 e. The first-order chi connectivity index (χ1) is 18.0. The van der Waals surface area contributed by atoms with Gasteiger partial charge in [0, 0.05) is 0 Å². The van der Waals surface area contributed by atoms with Gasteiger partial charge in [0.25, 0.3) is 10.1 Å². The zero-order valence-electron chi connectivity index (χ0n) is 24.1. The van der Waals surface area contributed by atoms with Crippen molar-refractivity contribution in [2.75, 3.05) is 6.61 Å². The van der Waals surface area contributed by atoms with Gasteiger partial charge in [-0.2, -0.15) is 8.42 Å². The minimum absolute atomic E-state index is 0.224. The molecule has 0 amide bonds. The Labute approximate surface area is 231 Å². The van der Waals surface area contributed by atoms with Crippen LogP contribution in [0, 0.1) is 59.2 Å². The molecular formula is C33H50O4S. The van der Waals surface area contributed by atoms with Gasteiger partial charge in [-0.3, -0.25) is 4.18 Å². The average Bonchev–Trinajstić information content (AvgIpc) is 3.70. The van der Waals surface area contributed by atoms with Gasteiger partial charge in [0.2, 0.25) is 0 Å². The van der Waals surface area contributed by atoms with E-state index >= 15 is 0 Å². The van der Waals surface area contributed by atoms with E-state index in [4.69, 9.17) is 4.18 Å². The van der Waals surface area contributed by atoms with E-state index in [1.54, 1.807) is 12.1 Å². The molecule has 5 fully saturated rings. The van der Waals surface area contributed by atoms with Crippen molar-refractivity contribution in [3.8, 4) is 0 Å². The lowest BCUT2D eigenvalue weighted by Crippen LogP contribution is -2.57. The summed E-state index contributed by atoms with van der Waals surface area (Å²) < 4.78 is 31.4. The summed E-state index contributed by atoms with van der Waals surface area (Å²) in [5.74, 6) is 4.38. The summed E-state index contributed by atoms with van der Waals surface area (Å²) in [6, 6.07) is 6.97. The molecule has 212 valence electrons. The van der Waals surface area contributed by atoms with Crippen molar-refractivity contribution in [2.45, 2.75) is 115 Å². The molecule has 4 nitrogen and oxygen atoms in total. The molecule has 0 radical (unpaired) electrons. The number of aryl methyl sites for hydroxylation is 1. The van der Waals surface area contributed by atoms with Crippen LogP contribution in [0.3, 0.4) is 0 Å². The number of aliphatic hydroxyl groups is 1. The van der Waals surface area contributed by atoms with Crippen molar-refractivity contribution in [1.82, 2.24) is 0 Å². The fraction of sp³-hybridized carbons (Fsp3) is 0.818. The summed E-state index contributed by atoms with van der Waals surface area (Å²) in [5.41, 5.74) is 1.39. The van der Waals surface area contributed by atoms with Crippen LogP contribution < -0.4 is 0 Å². The summed E-state index contributed by atoms with van der Waals surface area (Å²) >= 11 is 0. The molecule has 0 aliphatic heterocycles. The number of hydrogen-bond donors (Lipinski definition) is 1. The van der Waals surface area contributed by atoms with Crippen LogP contribution in [0.25, 0.3) is 0 Å². The van der Waals surface area contributed by atoms with E-state index in [0.29, 0.717) is 23.2 Å². The molecule has 0 saturated heterocycles. The SMILES string of the molecule is CC[C@]12CC[C@](O)(C3CC3)C[C@H]1CC[C@H]1[C@@H]3CC[C@H](C(C)COS(=O)(=O)c4ccc(C)cc4)[C@@]3(C)CC[C@@H]12. The molecule has 0 aromatic heterocycles. The molecule has 1 aromatic rings. The van der Waals surface area contributed by atoms with Crippen LogP contribution in [0.4, 0.5) is 0 Å². The Morgan fingerprint density at radius 2 is 1.66 bits per heavy atom. The Kier molecular flexibility index (Phi) is 6.88. The molecule has 1 unspecified atom stereocenters. The van der Waals surface area contributed by atoms with E-state index in [2.05, 4.69) is 20.8 Å². The highest BCUT2D eigenvalue weighted by Crippen LogP contribution is 2.70. The van der Waals surface area contributed by atoms with Crippen LogP contribution in [0.15, 0.2) is 29.2 Å². The topological polar surface area (TPSA) is 63.6 Å². The lowest BCUT2D eigenvalue weighted by Gasteiger charge is -2.63. The zero-order valence-corrected chi connectivity index (χ0v) is 24.9. The minimum atomic E-state index is -3.73. The predicted octanol–water partition coefficient (Wildman–Crippen LogP) is 7.53. The van der Waals surface area contributed by atoms with Crippen molar-refractivity contribution in [3.05, 3.63) is 29.8 Å². The molecule has 5 aliphatic carbocycles. The molecular weight excluding hydrogens is 492 g/mol. The van der Waals surface area contributed by atoms with Crippen LogP contribution in [0.5, 0.6) is 0 Å².